The lowest BCUT2D eigenvalue weighted by molar-refractivity contribution is 0.178. The van der Waals surface area contributed by atoms with Crippen LogP contribution in [0.4, 0.5) is 5.82 Å². The highest BCUT2D eigenvalue weighted by atomic mass is 79.9. The summed E-state index contributed by atoms with van der Waals surface area (Å²) in [7, 11) is 2.15. The summed E-state index contributed by atoms with van der Waals surface area (Å²) in [4.78, 5) is 6.80. The third-order valence-corrected chi connectivity index (χ3v) is 3.64. The first kappa shape index (κ1) is 11.8. The topological polar surface area (TPSA) is 31.4 Å². The van der Waals surface area contributed by atoms with Crippen molar-refractivity contribution in [3.8, 4) is 0 Å². The molecule has 1 aliphatic heterocycles. The van der Waals surface area contributed by atoms with Gasteiger partial charge in [-0.2, -0.15) is 0 Å². The first-order valence-corrected chi connectivity index (χ1v) is 6.28. The summed E-state index contributed by atoms with van der Waals surface area (Å²) >= 11 is 3.45. The molecule has 0 spiro atoms. The Morgan fingerprint density at radius 1 is 1.25 bits per heavy atom. The minimum atomic E-state index is 0.922. The van der Waals surface area contributed by atoms with E-state index in [0.29, 0.717) is 0 Å². The van der Waals surface area contributed by atoms with Crippen molar-refractivity contribution < 1.29 is 0 Å². The normalized spacial score (nSPS) is 18.7. The predicted molar refractivity (Wildman–Crippen MR) is 69.4 cm³/mol. The molecule has 1 aromatic rings. The number of anilines is 1. The average molecular weight is 285 g/mol. The number of piperazine rings is 1. The van der Waals surface area contributed by atoms with Crippen molar-refractivity contribution in [3.05, 3.63) is 22.3 Å². The molecule has 2 rings (SSSR count). The largest absolute Gasteiger partial charge is 0.304 e. The molecule has 0 unspecified atom stereocenters. The number of rotatable bonds is 2. The highest BCUT2D eigenvalue weighted by Gasteiger charge is 2.13. The van der Waals surface area contributed by atoms with Crippen molar-refractivity contribution in [3.63, 3.8) is 0 Å². The number of nitrogens with zero attached hydrogens (tertiary/aromatic N) is 3. The number of hydrogen-bond donors (Lipinski definition) is 1. The van der Waals surface area contributed by atoms with Crippen molar-refractivity contribution in [1.82, 2.24) is 14.9 Å². The standard InChI is InChI=1S/C11H17BrN4/c1-9-10(12)3-4-11(13-9)14-16-7-5-15(2)6-8-16/h3-4H,5-8H2,1-2H3,(H,13,14). The second-order valence-corrected chi connectivity index (χ2v) is 5.02. The Balaban J connectivity index is 1.96. The number of nitrogens with one attached hydrogen (secondary N) is 1. The maximum atomic E-state index is 4.47. The number of pyridine rings is 1. The van der Waals surface area contributed by atoms with Crippen molar-refractivity contribution in [2.45, 2.75) is 6.92 Å². The summed E-state index contributed by atoms with van der Waals surface area (Å²) in [6, 6.07) is 4.02. The Kier molecular flexibility index (Phi) is 3.78. The van der Waals surface area contributed by atoms with E-state index in [2.05, 4.69) is 43.3 Å². The van der Waals surface area contributed by atoms with Gasteiger partial charge in [-0.1, -0.05) is 0 Å². The number of likely N-dealkylation sites (N-methyl/N-ethyl adjacent to an activating group) is 1. The van der Waals surface area contributed by atoms with E-state index in [9.17, 15) is 0 Å². The summed E-state index contributed by atoms with van der Waals surface area (Å²) in [5.41, 5.74) is 4.36. The van der Waals surface area contributed by atoms with Crippen molar-refractivity contribution in [2.75, 3.05) is 38.7 Å². The fourth-order valence-corrected chi connectivity index (χ4v) is 1.91. The van der Waals surface area contributed by atoms with Gasteiger partial charge in [0.2, 0.25) is 0 Å². The van der Waals surface area contributed by atoms with Gasteiger partial charge in [0.25, 0.3) is 0 Å². The van der Waals surface area contributed by atoms with E-state index in [-0.39, 0.29) is 0 Å². The molecule has 0 aromatic carbocycles. The van der Waals surface area contributed by atoms with Crippen LogP contribution in [-0.4, -0.2) is 48.1 Å². The molecule has 1 fully saturated rings. The zero-order valence-corrected chi connectivity index (χ0v) is 11.3. The summed E-state index contributed by atoms with van der Waals surface area (Å²) < 4.78 is 1.05. The van der Waals surface area contributed by atoms with Crippen LogP contribution in [0.5, 0.6) is 0 Å². The molecule has 1 aliphatic rings. The number of hydrogen-bond acceptors (Lipinski definition) is 4. The van der Waals surface area contributed by atoms with Crippen LogP contribution >= 0.6 is 15.9 Å². The van der Waals surface area contributed by atoms with Gasteiger partial charge in [0, 0.05) is 30.7 Å². The van der Waals surface area contributed by atoms with Crippen LogP contribution in [-0.2, 0) is 0 Å². The third kappa shape index (κ3) is 2.93. The molecule has 88 valence electrons. The number of aryl methyl sites for hydroxylation is 1. The monoisotopic (exact) mass is 284 g/mol. The Hall–Kier alpha value is -0.650. The van der Waals surface area contributed by atoms with E-state index in [1.54, 1.807) is 0 Å². The highest BCUT2D eigenvalue weighted by molar-refractivity contribution is 9.10. The summed E-state index contributed by atoms with van der Waals surface area (Å²) in [6.07, 6.45) is 0. The van der Waals surface area contributed by atoms with Crippen LogP contribution < -0.4 is 5.43 Å². The van der Waals surface area contributed by atoms with Crippen molar-refractivity contribution in [2.24, 2.45) is 0 Å². The molecule has 0 aliphatic carbocycles. The van der Waals surface area contributed by atoms with Gasteiger partial charge in [-0.3, -0.25) is 0 Å². The van der Waals surface area contributed by atoms with Crippen LogP contribution in [0.2, 0.25) is 0 Å². The van der Waals surface area contributed by atoms with Gasteiger partial charge in [-0.15, -0.1) is 0 Å². The van der Waals surface area contributed by atoms with Crippen LogP contribution in [0.1, 0.15) is 5.69 Å². The minimum Gasteiger partial charge on any atom is -0.304 e. The van der Waals surface area contributed by atoms with Crippen molar-refractivity contribution in [1.29, 1.82) is 0 Å². The lowest BCUT2D eigenvalue weighted by atomic mass is 10.3. The number of aromatic nitrogens is 1. The van der Waals surface area contributed by atoms with E-state index < -0.39 is 0 Å². The highest BCUT2D eigenvalue weighted by Crippen LogP contribution is 2.16. The molecule has 0 bridgehead atoms. The van der Waals surface area contributed by atoms with Gasteiger partial charge in [0.1, 0.15) is 5.82 Å². The molecule has 0 amide bonds. The summed E-state index contributed by atoms with van der Waals surface area (Å²) in [6.45, 7) is 6.27. The molecule has 0 saturated carbocycles. The second kappa shape index (κ2) is 5.12. The van der Waals surface area contributed by atoms with Crippen LogP contribution in [0.15, 0.2) is 16.6 Å². The zero-order chi connectivity index (χ0) is 11.5. The first-order chi connectivity index (χ1) is 7.65. The quantitative estimate of drug-likeness (QED) is 0.896. The smallest absolute Gasteiger partial charge is 0.140 e. The maximum absolute atomic E-state index is 4.47. The van der Waals surface area contributed by atoms with E-state index in [4.69, 9.17) is 0 Å². The summed E-state index contributed by atoms with van der Waals surface area (Å²) in [5.74, 6) is 0.922. The van der Waals surface area contributed by atoms with E-state index in [1.165, 1.54) is 0 Å². The van der Waals surface area contributed by atoms with Gasteiger partial charge < -0.3 is 10.3 Å². The SMILES string of the molecule is Cc1nc(NN2CCN(C)CC2)ccc1Br. The number of hydrazine groups is 1. The molecule has 2 heterocycles. The van der Waals surface area contributed by atoms with Gasteiger partial charge in [-0.05, 0) is 42.0 Å². The zero-order valence-electron chi connectivity index (χ0n) is 9.70. The first-order valence-electron chi connectivity index (χ1n) is 5.48. The molecule has 5 heteroatoms. The Morgan fingerprint density at radius 2 is 1.94 bits per heavy atom. The Morgan fingerprint density at radius 3 is 2.56 bits per heavy atom. The molecule has 1 aromatic heterocycles. The van der Waals surface area contributed by atoms with E-state index in [1.807, 2.05) is 19.1 Å². The molecule has 16 heavy (non-hydrogen) atoms. The van der Waals surface area contributed by atoms with Gasteiger partial charge in [0.05, 0.1) is 5.69 Å². The lowest BCUT2D eigenvalue weighted by Gasteiger charge is -2.32. The van der Waals surface area contributed by atoms with Gasteiger partial charge in [-0.25, -0.2) is 9.99 Å². The predicted octanol–water partition coefficient (Wildman–Crippen LogP) is 1.73. The van der Waals surface area contributed by atoms with Gasteiger partial charge in [0.15, 0.2) is 0 Å². The molecular weight excluding hydrogens is 268 g/mol. The fourth-order valence-electron chi connectivity index (χ4n) is 1.69. The van der Waals surface area contributed by atoms with E-state index >= 15 is 0 Å². The van der Waals surface area contributed by atoms with Crippen molar-refractivity contribution >= 4 is 21.7 Å². The minimum absolute atomic E-state index is 0.922. The molecule has 0 atom stereocenters. The molecular formula is C11H17BrN4. The average Bonchev–Trinajstić information content (AvgIpc) is 2.27. The van der Waals surface area contributed by atoms with E-state index in [0.717, 1.165) is 42.2 Å². The molecule has 1 saturated heterocycles. The molecule has 4 nitrogen and oxygen atoms in total. The Labute approximate surface area is 105 Å². The summed E-state index contributed by atoms with van der Waals surface area (Å²) in [5, 5.41) is 2.22. The Bertz CT molecular complexity index is 361. The van der Waals surface area contributed by atoms with Crippen LogP contribution in [0.25, 0.3) is 0 Å². The fraction of sp³-hybridized carbons (Fsp3) is 0.545. The van der Waals surface area contributed by atoms with Crippen LogP contribution in [0, 0.1) is 6.92 Å². The van der Waals surface area contributed by atoms with Gasteiger partial charge >= 0.3 is 0 Å². The lowest BCUT2D eigenvalue weighted by Crippen LogP contribution is -2.47. The number of halogens is 1. The molecule has 1 N–H and O–H groups in total. The third-order valence-electron chi connectivity index (χ3n) is 2.80. The van der Waals surface area contributed by atoms with Crippen LogP contribution in [0.3, 0.4) is 0 Å². The molecule has 0 radical (unpaired) electrons. The second-order valence-electron chi connectivity index (χ2n) is 4.17. The maximum Gasteiger partial charge on any atom is 0.140 e.